The van der Waals surface area contributed by atoms with Crippen LogP contribution in [0.25, 0.3) is 10.9 Å². The topological polar surface area (TPSA) is 100 Å². The highest BCUT2D eigenvalue weighted by molar-refractivity contribution is 6.02. The first-order valence-electron chi connectivity index (χ1n) is 10.3. The second-order valence-corrected chi connectivity index (χ2v) is 7.60. The minimum Gasteiger partial charge on any atom is -0.465 e. The molecule has 0 radical (unpaired) electrons. The lowest BCUT2D eigenvalue weighted by Gasteiger charge is -2.27. The summed E-state index contributed by atoms with van der Waals surface area (Å²) in [5, 5.41) is 12.2. The number of fused-ring (bicyclic) bond motifs is 3. The number of nitrogens with zero attached hydrogens (tertiary/aromatic N) is 3. The number of carbonyl (C=O) groups is 2. The van der Waals surface area contributed by atoms with E-state index in [0.717, 1.165) is 35.1 Å². The van der Waals surface area contributed by atoms with Crippen LogP contribution in [-0.4, -0.2) is 40.7 Å². The zero-order chi connectivity index (χ0) is 22.1. The second kappa shape index (κ2) is 8.14. The van der Waals surface area contributed by atoms with Gasteiger partial charge in [0.25, 0.3) is 5.91 Å². The number of anilines is 2. The number of methoxy groups -OCH3 is 1. The van der Waals surface area contributed by atoms with E-state index in [2.05, 4.69) is 25.4 Å². The molecule has 0 atom stereocenters. The Morgan fingerprint density at radius 3 is 2.66 bits per heavy atom. The molecule has 3 heterocycles. The smallest absolute Gasteiger partial charge is 0.337 e. The molecule has 160 valence electrons. The summed E-state index contributed by atoms with van der Waals surface area (Å²) in [5.41, 5.74) is 4.76. The van der Waals surface area contributed by atoms with Gasteiger partial charge in [0.1, 0.15) is 0 Å². The minimum absolute atomic E-state index is 0.255. The summed E-state index contributed by atoms with van der Waals surface area (Å²) in [6.07, 6.45) is 0.815. The number of rotatable bonds is 4. The molecule has 2 aromatic carbocycles. The van der Waals surface area contributed by atoms with E-state index in [1.807, 2.05) is 48.5 Å². The summed E-state index contributed by atoms with van der Waals surface area (Å²) in [7, 11) is 1.38. The molecule has 0 bridgehead atoms. The van der Waals surface area contributed by atoms with Crippen LogP contribution in [0, 0.1) is 0 Å². The minimum atomic E-state index is -0.357. The summed E-state index contributed by atoms with van der Waals surface area (Å²) < 4.78 is 4.85. The zero-order valence-corrected chi connectivity index (χ0v) is 17.5. The Balaban J connectivity index is 1.36. The van der Waals surface area contributed by atoms with Gasteiger partial charge in [-0.15, -0.1) is 10.2 Å². The van der Waals surface area contributed by atoms with E-state index in [0.29, 0.717) is 23.6 Å². The van der Waals surface area contributed by atoms with Gasteiger partial charge in [0, 0.05) is 47.4 Å². The van der Waals surface area contributed by atoms with Crippen molar-refractivity contribution in [3.8, 4) is 0 Å². The molecule has 4 aromatic rings. The summed E-state index contributed by atoms with van der Waals surface area (Å²) in [5.74, 6) is 0.0401. The second-order valence-electron chi connectivity index (χ2n) is 7.60. The number of amides is 1. The quantitative estimate of drug-likeness (QED) is 0.483. The highest BCUT2D eigenvalue weighted by Crippen LogP contribution is 2.30. The largest absolute Gasteiger partial charge is 0.465 e. The molecular weight excluding hydrogens is 406 g/mol. The van der Waals surface area contributed by atoms with Crippen LogP contribution in [0.2, 0.25) is 0 Å². The van der Waals surface area contributed by atoms with Gasteiger partial charge in [-0.2, -0.15) is 0 Å². The van der Waals surface area contributed by atoms with E-state index in [1.54, 1.807) is 12.1 Å². The van der Waals surface area contributed by atoms with Crippen molar-refractivity contribution in [2.45, 2.75) is 13.0 Å². The molecule has 2 N–H and O–H groups in total. The molecule has 2 aromatic heterocycles. The molecule has 8 heteroatoms. The fourth-order valence-electron chi connectivity index (χ4n) is 3.99. The number of carbonyl (C=O) groups excluding carboxylic acids is 2. The van der Waals surface area contributed by atoms with Crippen LogP contribution in [0.15, 0.2) is 60.7 Å². The molecule has 0 aliphatic carbocycles. The Morgan fingerprint density at radius 1 is 1.06 bits per heavy atom. The van der Waals surface area contributed by atoms with Crippen molar-refractivity contribution in [2.75, 3.05) is 23.9 Å². The fourth-order valence-corrected chi connectivity index (χ4v) is 3.99. The molecule has 0 fully saturated rings. The maximum absolute atomic E-state index is 12.4. The summed E-state index contributed by atoms with van der Waals surface area (Å²) in [6.45, 7) is 1.40. The van der Waals surface area contributed by atoms with Crippen molar-refractivity contribution in [3.05, 3.63) is 83.2 Å². The number of benzene rings is 2. The molecule has 0 spiro atoms. The Kier molecular flexibility index (Phi) is 5.03. The number of hydrogen-bond acceptors (Lipinski definition) is 6. The van der Waals surface area contributed by atoms with Crippen molar-refractivity contribution in [3.63, 3.8) is 0 Å². The summed E-state index contributed by atoms with van der Waals surface area (Å²) >= 11 is 0. The van der Waals surface area contributed by atoms with Crippen LogP contribution in [0.5, 0.6) is 0 Å². The molecule has 0 unspecified atom stereocenters. The van der Waals surface area contributed by atoms with E-state index in [9.17, 15) is 9.59 Å². The van der Waals surface area contributed by atoms with Gasteiger partial charge in [-0.05, 0) is 42.5 Å². The van der Waals surface area contributed by atoms with Crippen LogP contribution in [0.4, 0.5) is 11.5 Å². The normalized spacial score (nSPS) is 13.0. The number of hydrogen-bond donors (Lipinski definition) is 2. The number of para-hydroxylation sites is 1. The first kappa shape index (κ1) is 19.7. The van der Waals surface area contributed by atoms with Crippen LogP contribution in [0.1, 0.15) is 32.1 Å². The first-order valence-corrected chi connectivity index (χ1v) is 10.3. The Morgan fingerprint density at radius 2 is 1.91 bits per heavy atom. The lowest BCUT2D eigenvalue weighted by Crippen LogP contribution is -2.31. The van der Waals surface area contributed by atoms with Gasteiger partial charge in [-0.1, -0.05) is 18.2 Å². The average Bonchev–Trinajstić information content (AvgIpc) is 3.21. The molecule has 1 aliphatic heterocycles. The lowest BCUT2D eigenvalue weighted by atomic mass is 10.0. The number of nitrogens with one attached hydrogen (secondary N) is 2. The van der Waals surface area contributed by atoms with Crippen molar-refractivity contribution < 1.29 is 14.3 Å². The molecule has 0 saturated carbocycles. The monoisotopic (exact) mass is 427 g/mol. The maximum atomic E-state index is 12.4. The maximum Gasteiger partial charge on any atom is 0.337 e. The SMILES string of the molecule is COC(=O)c1ccc2[nH]c3c(c2c1)CN(c1ccc(C(=O)Nc2ccccc2)nn1)CC3. The molecule has 1 amide bonds. The van der Waals surface area contributed by atoms with Crippen molar-refractivity contribution >= 4 is 34.3 Å². The third-order valence-electron chi connectivity index (χ3n) is 5.64. The lowest BCUT2D eigenvalue weighted by molar-refractivity contribution is 0.0600. The number of ether oxygens (including phenoxy) is 1. The third-order valence-corrected chi connectivity index (χ3v) is 5.64. The van der Waals surface area contributed by atoms with Crippen LogP contribution < -0.4 is 10.2 Å². The van der Waals surface area contributed by atoms with E-state index in [4.69, 9.17) is 4.74 Å². The van der Waals surface area contributed by atoms with E-state index < -0.39 is 0 Å². The number of H-pyrrole nitrogens is 1. The highest BCUT2D eigenvalue weighted by atomic mass is 16.5. The molecule has 1 aliphatic rings. The van der Waals surface area contributed by atoms with Gasteiger partial charge in [-0.3, -0.25) is 4.79 Å². The summed E-state index contributed by atoms with van der Waals surface area (Å²) in [6, 6.07) is 18.3. The number of esters is 1. The van der Waals surface area contributed by atoms with Gasteiger partial charge in [0.05, 0.1) is 12.7 Å². The van der Waals surface area contributed by atoms with Crippen molar-refractivity contribution in [1.29, 1.82) is 0 Å². The van der Waals surface area contributed by atoms with Crippen LogP contribution >= 0.6 is 0 Å². The standard InChI is InChI=1S/C24H21N5O3/c1-32-24(31)15-7-8-19-17(13-15)18-14-29(12-11-20(18)26-19)22-10-9-21(27-28-22)23(30)25-16-5-3-2-4-6-16/h2-10,13,26H,11-12,14H2,1H3,(H,25,30). The van der Waals surface area contributed by atoms with Gasteiger partial charge < -0.3 is 19.9 Å². The molecule has 0 saturated heterocycles. The van der Waals surface area contributed by atoms with Gasteiger partial charge >= 0.3 is 5.97 Å². The fraction of sp³-hybridized carbons (Fsp3) is 0.167. The van der Waals surface area contributed by atoms with Crippen molar-refractivity contribution in [2.24, 2.45) is 0 Å². The zero-order valence-electron chi connectivity index (χ0n) is 17.5. The summed E-state index contributed by atoms with van der Waals surface area (Å²) in [4.78, 5) is 29.9. The Bertz CT molecular complexity index is 1300. The number of aromatic nitrogens is 3. The average molecular weight is 427 g/mol. The predicted molar refractivity (Wildman–Crippen MR) is 121 cm³/mol. The number of aromatic amines is 1. The van der Waals surface area contributed by atoms with E-state index in [-0.39, 0.29) is 17.6 Å². The van der Waals surface area contributed by atoms with E-state index in [1.165, 1.54) is 7.11 Å². The Labute approximate surface area is 184 Å². The van der Waals surface area contributed by atoms with E-state index >= 15 is 0 Å². The molecule has 32 heavy (non-hydrogen) atoms. The highest BCUT2D eigenvalue weighted by Gasteiger charge is 2.23. The predicted octanol–water partition coefficient (Wildman–Crippen LogP) is 3.56. The van der Waals surface area contributed by atoms with Gasteiger partial charge in [0.15, 0.2) is 11.5 Å². The Hall–Kier alpha value is -4.20. The van der Waals surface area contributed by atoms with Crippen molar-refractivity contribution in [1.82, 2.24) is 15.2 Å². The third kappa shape index (κ3) is 3.66. The molecule has 8 nitrogen and oxygen atoms in total. The van der Waals surface area contributed by atoms with Crippen LogP contribution in [0.3, 0.4) is 0 Å². The molecule has 5 rings (SSSR count). The first-order chi connectivity index (χ1) is 15.6. The van der Waals surface area contributed by atoms with Gasteiger partial charge in [-0.25, -0.2) is 4.79 Å². The molecular formula is C24H21N5O3. The van der Waals surface area contributed by atoms with Crippen LogP contribution in [-0.2, 0) is 17.7 Å². The van der Waals surface area contributed by atoms with Gasteiger partial charge in [0.2, 0.25) is 0 Å².